The highest BCUT2D eigenvalue weighted by Gasteiger charge is 2.27. The molecule has 4 rings (SSSR count). The fourth-order valence-electron chi connectivity index (χ4n) is 3.93. The van der Waals surface area contributed by atoms with Gasteiger partial charge in [-0.05, 0) is 49.6 Å². The first kappa shape index (κ1) is 20.7. The van der Waals surface area contributed by atoms with Gasteiger partial charge >= 0.3 is 0 Å². The van der Waals surface area contributed by atoms with Crippen molar-refractivity contribution < 1.29 is 23.5 Å². The lowest BCUT2D eigenvalue weighted by Gasteiger charge is -2.29. The summed E-state index contributed by atoms with van der Waals surface area (Å²) in [6, 6.07) is 10.3. The fourth-order valence-corrected chi connectivity index (χ4v) is 4.74. The van der Waals surface area contributed by atoms with Crippen LogP contribution < -0.4 is 9.47 Å². The molecule has 1 aliphatic heterocycles. The maximum absolute atomic E-state index is 14.3. The molecule has 0 saturated heterocycles. The molecule has 1 heterocycles. The number of Topliss-reactive ketones (excluding diaryl/α,β-unsaturated/α-hetero) is 1. The summed E-state index contributed by atoms with van der Waals surface area (Å²) < 4.78 is 25.1. The van der Waals surface area contributed by atoms with Crippen LogP contribution in [0.1, 0.15) is 48.5 Å². The zero-order chi connectivity index (χ0) is 21.1. The maximum Gasteiger partial charge on any atom is 0.233 e. The first-order valence-electron chi connectivity index (χ1n) is 10.1. The lowest BCUT2D eigenvalue weighted by Crippen LogP contribution is -2.39. The van der Waals surface area contributed by atoms with Gasteiger partial charge in [0.2, 0.25) is 12.7 Å². The number of amides is 1. The molecule has 1 saturated carbocycles. The number of carbonyl (C=O) groups excluding carboxylic acids is 2. The molecule has 0 spiro atoms. The highest BCUT2D eigenvalue weighted by atomic mass is 32.2. The van der Waals surface area contributed by atoms with Crippen LogP contribution in [0.15, 0.2) is 41.3 Å². The number of ketones is 1. The number of halogens is 1. The third-order valence-corrected chi connectivity index (χ3v) is 6.60. The summed E-state index contributed by atoms with van der Waals surface area (Å²) in [6.07, 6.45) is 4.21. The van der Waals surface area contributed by atoms with E-state index in [1.54, 1.807) is 12.1 Å². The topological polar surface area (TPSA) is 55.8 Å². The quantitative estimate of drug-likeness (QED) is 0.467. The molecule has 0 bridgehead atoms. The van der Waals surface area contributed by atoms with Crippen LogP contribution in [0.5, 0.6) is 11.5 Å². The van der Waals surface area contributed by atoms with Gasteiger partial charge in [0.05, 0.1) is 5.75 Å². The van der Waals surface area contributed by atoms with E-state index in [0.717, 1.165) is 37.0 Å². The Kier molecular flexibility index (Phi) is 6.27. The van der Waals surface area contributed by atoms with Gasteiger partial charge in [-0.2, -0.15) is 0 Å². The minimum absolute atomic E-state index is 0.0142. The first-order valence-corrected chi connectivity index (χ1v) is 11.1. The van der Waals surface area contributed by atoms with E-state index in [9.17, 15) is 14.0 Å². The van der Waals surface area contributed by atoms with Gasteiger partial charge in [-0.15, -0.1) is 11.8 Å². The maximum atomic E-state index is 14.3. The molecule has 1 aliphatic carbocycles. The van der Waals surface area contributed by atoms with E-state index in [-0.39, 0.29) is 30.3 Å². The lowest BCUT2D eigenvalue weighted by atomic mass is 10.1. The summed E-state index contributed by atoms with van der Waals surface area (Å²) in [5.41, 5.74) is 1.32. The summed E-state index contributed by atoms with van der Waals surface area (Å²) in [6.45, 7) is 2.11. The van der Waals surface area contributed by atoms with Crippen molar-refractivity contribution in [3.8, 4) is 11.5 Å². The van der Waals surface area contributed by atoms with Gasteiger partial charge < -0.3 is 14.4 Å². The molecule has 30 heavy (non-hydrogen) atoms. The lowest BCUT2D eigenvalue weighted by molar-refractivity contribution is -0.131. The Labute approximate surface area is 179 Å². The number of ether oxygens (including phenoxy) is 2. The molecule has 0 radical (unpaired) electrons. The van der Waals surface area contributed by atoms with Gasteiger partial charge in [-0.3, -0.25) is 9.59 Å². The van der Waals surface area contributed by atoms with Gasteiger partial charge in [0.25, 0.3) is 0 Å². The van der Waals surface area contributed by atoms with Crippen molar-refractivity contribution in [2.75, 3.05) is 12.5 Å². The molecule has 2 aromatic rings. The Hall–Kier alpha value is -2.54. The number of carbonyl (C=O) groups is 2. The summed E-state index contributed by atoms with van der Waals surface area (Å²) in [5, 5.41) is 0. The molecule has 1 fully saturated rings. The standard InChI is InChI=1S/C23H24FNO4S/c1-15(26)17-7-9-22(19(24)11-17)30-13-23(27)25(18-4-2-3-5-18)12-16-6-8-20-21(10-16)29-14-28-20/h6-11,18H,2-5,12-14H2,1H3. The predicted molar refractivity (Wildman–Crippen MR) is 112 cm³/mol. The third kappa shape index (κ3) is 4.61. The van der Waals surface area contributed by atoms with Crippen LogP contribution in [0.2, 0.25) is 0 Å². The minimum Gasteiger partial charge on any atom is -0.454 e. The fraction of sp³-hybridized carbons (Fsp3) is 0.391. The molecule has 0 aromatic heterocycles. The molecule has 0 N–H and O–H groups in total. The van der Waals surface area contributed by atoms with Gasteiger partial charge in [0.15, 0.2) is 17.3 Å². The molecular weight excluding hydrogens is 405 g/mol. The van der Waals surface area contributed by atoms with Gasteiger partial charge in [-0.1, -0.05) is 25.0 Å². The highest BCUT2D eigenvalue weighted by molar-refractivity contribution is 8.00. The van der Waals surface area contributed by atoms with E-state index in [1.807, 2.05) is 23.1 Å². The van der Waals surface area contributed by atoms with Gasteiger partial charge in [0.1, 0.15) is 5.82 Å². The smallest absolute Gasteiger partial charge is 0.233 e. The second-order valence-corrected chi connectivity index (χ2v) is 8.65. The average Bonchev–Trinajstić information content (AvgIpc) is 3.42. The second-order valence-electron chi connectivity index (χ2n) is 7.64. The van der Waals surface area contributed by atoms with E-state index in [4.69, 9.17) is 9.47 Å². The van der Waals surface area contributed by atoms with Crippen LogP contribution in [0.25, 0.3) is 0 Å². The van der Waals surface area contributed by atoms with Crippen molar-refractivity contribution >= 4 is 23.5 Å². The third-order valence-electron chi connectivity index (χ3n) is 5.57. The van der Waals surface area contributed by atoms with Crippen LogP contribution in [-0.4, -0.2) is 35.2 Å². The zero-order valence-electron chi connectivity index (χ0n) is 16.9. The summed E-state index contributed by atoms with van der Waals surface area (Å²) in [5.74, 6) is 0.907. The molecule has 5 nitrogen and oxygen atoms in total. The largest absolute Gasteiger partial charge is 0.454 e. The van der Waals surface area contributed by atoms with Gasteiger partial charge in [-0.25, -0.2) is 4.39 Å². The number of hydrogen-bond acceptors (Lipinski definition) is 5. The van der Waals surface area contributed by atoms with E-state index < -0.39 is 5.82 Å². The Bertz CT molecular complexity index is 958. The molecule has 158 valence electrons. The van der Waals surface area contributed by atoms with Crippen molar-refractivity contribution in [2.24, 2.45) is 0 Å². The average molecular weight is 430 g/mol. The number of rotatable bonds is 7. The normalized spacial score (nSPS) is 15.4. The number of hydrogen-bond donors (Lipinski definition) is 0. The molecule has 1 amide bonds. The summed E-state index contributed by atoms with van der Waals surface area (Å²) in [4.78, 5) is 26.8. The van der Waals surface area contributed by atoms with Crippen molar-refractivity contribution in [3.63, 3.8) is 0 Å². The minimum atomic E-state index is -0.469. The van der Waals surface area contributed by atoms with E-state index >= 15 is 0 Å². The van der Waals surface area contributed by atoms with Crippen molar-refractivity contribution in [1.82, 2.24) is 4.90 Å². The van der Waals surface area contributed by atoms with E-state index in [2.05, 4.69) is 0 Å². The molecule has 0 unspecified atom stereocenters. The Morgan fingerprint density at radius 3 is 2.60 bits per heavy atom. The zero-order valence-corrected chi connectivity index (χ0v) is 17.7. The van der Waals surface area contributed by atoms with Crippen molar-refractivity contribution in [3.05, 3.63) is 53.3 Å². The number of benzene rings is 2. The van der Waals surface area contributed by atoms with Crippen molar-refractivity contribution in [1.29, 1.82) is 0 Å². The first-order chi connectivity index (χ1) is 14.5. The molecule has 7 heteroatoms. The predicted octanol–water partition coefficient (Wildman–Crippen LogP) is 4.82. The Morgan fingerprint density at radius 2 is 1.87 bits per heavy atom. The van der Waals surface area contributed by atoms with Crippen LogP contribution in [0, 0.1) is 5.82 Å². The Balaban J connectivity index is 1.46. The SMILES string of the molecule is CC(=O)c1ccc(SCC(=O)N(Cc2ccc3c(c2)OCO3)C2CCCC2)c(F)c1. The van der Waals surface area contributed by atoms with Crippen LogP contribution in [0.4, 0.5) is 4.39 Å². The van der Waals surface area contributed by atoms with Crippen LogP contribution in [-0.2, 0) is 11.3 Å². The molecule has 0 atom stereocenters. The second kappa shape index (κ2) is 9.08. The van der Waals surface area contributed by atoms with Crippen molar-refractivity contribution in [2.45, 2.75) is 50.1 Å². The number of thioether (sulfide) groups is 1. The summed E-state index contributed by atoms with van der Waals surface area (Å²) >= 11 is 1.17. The molecular formula is C23H24FNO4S. The Morgan fingerprint density at radius 1 is 1.10 bits per heavy atom. The highest BCUT2D eigenvalue weighted by Crippen LogP contribution is 2.34. The van der Waals surface area contributed by atoms with E-state index in [0.29, 0.717) is 22.8 Å². The number of nitrogens with zero attached hydrogens (tertiary/aromatic N) is 1. The monoisotopic (exact) mass is 429 g/mol. The van der Waals surface area contributed by atoms with E-state index in [1.165, 1.54) is 24.8 Å². The van der Waals surface area contributed by atoms with Crippen LogP contribution in [0.3, 0.4) is 0 Å². The molecule has 2 aromatic carbocycles. The van der Waals surface area contributed by atoms with Crippen LogP contribution >= 0.6 is 11.8 Å². The number of fused-ring (bicyclic) bond motifs is 1. The van der Waals surface area contributed by atoms with Gasteiger partial charge in [0, 0.05) is 23.0 Å². The summed E-state index contributed by atoms with van der Waals surface area (Å²) in [7, 11) is 0. The molecule has 2 aliphatic rings.